The normalized spacial score (nSPS) is 12.3. The van der Waals surface area contributed by atoms with Crippen LogP contribution in [0.25, 0.3) is 22.2 Å². The van der Waals surface area contributed by atoms with Gasteiger partial charge in [-0.05, 0) is 109 Å². The van der Waals surface area contributed by atoms with Crippen LogP contribution in [0.2, 0.25) is 0 Å². The van der Waals surface area contributed by atoms with Gasteiger partial charge in [-0.3, -0.25) is 9.59 Å². The lowest BCUT2D eigenvalue weighted by Crippen LogP contribution is -2.31. The van der Waals surface area contributed by atoms with Gasteiger partial charge < -0.3 is 19.5 Å². The quantitative estimate of drug-likeness (QED) is 0.236. The number of likely N-dealkylation sites (N-methyl/N-ethyl adjacent to an activating group) is 1. The molecule has 1 aromatic heterocycles. The molecule has 0 aliphatic heterocycles. The molecule has 0 saturated carbocycles. The summed E-state index contributed by atoms with van der Waals surface area (Å²) in [5.74, 6) is -0.446. The van der Waals surface area contributed by atoms with Gasteiger partial charge in [-0.1, -0.05) is 30.2 Å². The molecule has 8 heteroatoms. The molecular weight excluding hydrogens is 532 g/mol. The van der Waals surface area contributed by atoms with Crippen molar-refractivity contribution in [3.63, 3.8) is 0 Å². The van der Waals surface area contributed by atoms with Gasteiger partial charge in [0.25, 0.3) is 0 Å². The van der Waals surface area contributed by atoms with Crippen molar-refractivity contribution >= 4 is 28.9 Å². The van der Waals surface area contributed by atoms with Crippen molar-refractivity contribution in [2.24, 2.45) is 0 Å². The summed E-state index contributed by atoms with van der Waals surface area (Å²) in [6.45, 7) is 19.9. The van der Waals surface area contributed by atoms with E-state index in [4.69, 9.17) is 9.47 Å². The van der Waals surface area contributed by atoms with Crippen LogP contribution in [0.4, 0.5) is 4.79 Å². The van der Waals surface area contributed by atoms with Crippen molar-refractivity contribution in [2.45, 2.75) is 86.2 Å². The molecule has 0 radical (unpaired) electrons. The molecule has 0 aliphatic rings. The molecular formula is C34H48N2O6. The first kappa shape index (κ1) is 34.6. The van der Waals surface area contributed by atoms with E-state index in [0.29, 0.717) is 6.61 Å². The largest absolute Gasteiger partial charge is 0.469 e. The minimum atomic E-state index is -0.845. The molecule has 0 spiro atoms. The van der Waals surface area contributed by atoms with Crippen molar-refractivity contribution in [2.75, 3.05) is 27.3 Å². The fraction of sp³-hybridized carbons (Fsp3) is 0.500. The summed E-state index contributed by atoms with van der Waals surface area (Å²) in [4.78, 5) is 36.2. The van der Waals surface area contributed by atoms with Crippen molar-refractivity contribution in [1.82, 2.24) is 9.88 Å². The molecule has 0 amide bonds. The minimum absolute atomic E-state index is 0.0768. The van der Waals surface area contributed by atoms with Crippen LogP contribution >= 0.6 is 0 Å². The van der Waals surface area contributed by atoms with Gasteiger partial charge in [-0.25, -0.2) is 9.36 Å². The van der Waals surface area contributed by atoms with E-state index in [9.17, 15) is 14.4 Å². The standard InChI is InChI=1S/C31H42N2O4.C3H6O2/c1-11-36-28(34)31(8,9)23-12-13-25-24(17-23)26(21(4)18-32-10)27(22-15-19(2)14-20(3)16-22)33(25)29(35)37-30(5,6)7;1-3(4)5-2/h12-17,21,32H,11,18H2,1-10H3;1-2H3. The number of methoxy groups -OCH3 is 1. The van der Waals surface area contributed by atoms with Crippen LogP contribution in [-0.4, -0.2) is 55.5 Å². The number of nitrogens with one attached hydrogen (secondary N) is 1. The number of hydrogen-bond donors (Lipinski definition) is 1. The topological polar surface area (TPSA) is 95.9 Å². The molecule has 1 atom stereocenters. The number of fused-ring (bicyclic) bond motifs is 1. The third-order valence-corrected chi connectivity index (χ3v) is 6.88. The second kappa shape index (κ2) is 14.0. The van der Waals surface area contributed by atoms with Gasteiger partial charge in [0.05, 0.1) is 30.3 Å². The number of hydrogen-bond acceptors (Lipinski definition) is 7. The zero-order valence-electron chi connectivity index (χ0n) is 27.4. The first-order valence-corrected chi connectivity index (χ1v) is 14.4. The van der Waals surface area contributed by atoms with Crippen LogP contribution < -0.4 is 5.32 Å². The average molecular weight is 581 g/mol. The lowest BCUT2D eigenvalue weighted by Gasteiger charge is -2.23. The number of benzene rings is 2. The van der Waals surface area contributed by atoms with Crippen LogP contribution in [0.5, 0.6) is 0 Å². The van der Waals surface area contributed by atoms with Crippen LogP contribution in [0.3, 0.4) is 0 Å². The number of nitrogens with zero attached hydrogens (tertiary/aromatic N) is 1. The molecule has 3 rings (SSSR count). The fourth-order valence-electron chi connectivity index (χ4n) is 4.93. The van der Waals surface area contributed by atoms with Crippen LogP contribution in [0.15, 0.2) is 36.4 Å². The van der Waals surface area contributed by atoms with Crippen molar-refractivity contribution in [1.29, 1.82) is 0 Å². The van der Waals surface area contributed by atoms with E-state index in [1.54, 1.807) is 4.57 Å². The van der Waals surface area contributed by atoms with Crippen LogP contribution in [0.1, 0.15) is 83.6 Å². The van der Waals surface area contributed by atoms with Crippen LogP contribution in [-0.2, 0) is 29.2 Å². The Morgan fingerprint density at radius 1 is 0.976 bits per heavy atom. The van der Waals surface area contributed by atoms with E-state index < -0.39 is 17.1 Å². The summed E-state index contributed by atoms with van der Waals surface area (Å²) >= 11 is 0. The van der Waals surface area contributed by atoms with Crippen molar-refractivity contribution < 1.29 is 28.6 Å². The Labute approximate surface area is 250 Å². The summed E-state index contributed by atoms with van der Waals surface area (Å²) < 4.78 is 17.1. The molecule has 0 bridgehead atoms. The van der Waals surface area contributed by atoms with Gasteiger partial charge in [-0.2, -0.15) is 0 Å². The Balaban J connectivity index is 0.00000113. The lowest BCUT2D eigenvalue weighted by molar-refractivity contribution is -0.148. The molecule has 1 unspecified atom stereocenters. The number of aromatic nitrogens is 1. The molecule has 2 aromatic carbocycles. The lowest BCUT2D eigenvalue weighted by atomic mass is 9.83. The van der Waals surface area contributed by atoms with Gasteiger partial charge in [0.2, 0.25) is 0 Å². The molecule has 0 fully saturated rings. The Morgan fingerprint density at radius 2 is 1.55 bits per heavy atom. The first-order valence-electron chi connectivity index (χ1n) is 14.4. The summed E-state index contributed by atoms with van der Waals surface area (Å²) in [6.07, 6.45) is -0.424. The molecule has 42 heavy (non-hydrogen) atoms. The predicted molar refractivity (Wildman–Crippen MR) is 168 cm³/mol. The summed E-state index contributed by atoms with van der Waals surface area (Å²) in [5, 5.41) is 4.22. The van der Waals surface area contributed by atoms with Gasteiger partial charge in [-0.15, -0.1) is 0 Å². The number of rotatable bonds is 7. The Kier molecular flexibility index (Phi) is 11.5. The van der Waals surface area contributed by atoms with E-state index in [2.05, 4.69) is 49.0 Å². The first-order chi connectivity index (χ1) is 19.5. The van der Waals surface area contributed by atoms with Crippen molar-refractivity contribution in [3.8, 4) is 11.3 Å². The molecule has 1 heterocycles. The SMILES string of the molecule is CCOC(=O)C(C)(C)c1ccc2c(c1)c(C(C)CNC)c(-c1cc(C)cc(C)c1)n2C(=O)OC(C)(C)C.COC(C)=O. The number of aryl methyl sites for hydroxylation is 2. The van der Waals surface area contributed by atoms with Crippen molar-refractivity contribution in [3.05, 3.63) is 58.7 Å². The number of carbonyl (C=O) groups excluding carboxylic acids is 3. The highest BCUT2D eigenvalue weighted by Crippen LogP contribution is 2.41. The average Bonchev–Trinajstić information content (AvgIpc) is 3.22. The summed E-state index contributed by atoms with van der Waals surface area (Å²) in [7, 11) is 3.28. The second-order valence-corrected chi connectivity index (χ2v) is 12.2. The molecule has 230 valence electrons. The van der Waals surface area contributed by atoms with Gasteiger partial charge in [0, 0.05) is 18.9 Å². The Morgan fingerprint density at radius 3 is 2.02 bits per heavy atom. The maximum Gasteiger partial charge on any atom is 0.419 e. The van der Waals surface area contributed by atoms with Gasteiger partial charge >= 0.3 is 18.0 Å². The number of carbonyl (C=O) groups is 3. The molecule has 0 aliphatic carbocycles. The van der Waals surface area contributed by atoms with E-state index in [-0.39, 0.29) is 17.9 Å². The third kappa shape index (κ3) is 8.22. The highest BCUT2D eigenvalue weighted by atomic mass is 16.6. The van der Waals surface area contributed by atoms with Gasteiger partial charge in [0.15, 0.2) is 0 Å². The van der Waals surface area contributed by atoms with E-state index in [1.165, 1.54) is 14.0 Å². The summed E-state index contributed by atoms with van der Waals surface area (Å²) in [6, 6.07) is 12.2. The second-order valence-electron chi connectivity index (χ2n) is 12.2. The third-order valence-electron chi connectivity index (χ3n) is 6.88. The summed E-state index contributed by atoms with van der Waals surface area (Å²) in [5.41, 5.74) is 5.15. The van der Waals surface area contributed by atoms with E-state index in [1.807, 2.05) is 66.8 Å². The zero-order valence-corrected chi connectivity index (χ0v) is 27.4. The highest BCUT2D eigenvalue weighted by molar-refractivity contribution is 6.01. The number of esters is 2. The van der Waals surface area contributed by atoms with E-state index >= 15 is 0 Å². The van der Waals surface area contributed by atoms with Gasteiger partial charge in [0.1, 0.15) is 5.60 Å². The maximum atomic E-state index is 13.8. The molecule has 8 nitrogen and oxygen atoms in total. The van der Waals surface area contributed by atoms with E-state index in [0.717, 1.165) is 51.0 Å². The Bertz CT molecular complexity index is 1410. The number of ether oxygens (including phenoxy) is 3. The molecule has 1 N–H and O–H groups in total. The monoisotopic (exact) mass is 580 g/mol. The smallest absolute Gasteiger partial charge is 0.419 e. The van der Waals surface area contributed by atoms with Crippen LogP contribution in [0, 0.1) is 13.8 Å². The molecule has 3 aromatic rings. The highest BCUT2D eigenvalue weighted by Gasteiger charge is 2.34. The maximum absolute atomic E-state index is 13.8. The minimum Gasteiger partial charge on any atom is -0.469 e. The Hall–Kier alpha value is -3.65. The molecule has 0 saturated heterocycles. The fourth-order valence-corrected chi connectivity index (χ4v) is 4.93. The zero-order chi connectivity index (χ0) is 32.0. The predicted octanol–water partition coefficient (Wildman–Crippen LogP) is 7.05.